The van der Waals surface area contributed by atoms with Gasteiger partial charge in [0.1, 0.15) is 23.4 Å². The topological polar surface area (TPSA) is 122 Å². The molecule has 1 aromatic carbocycles. The Morgan fingerprint density at radius 3 is 2.51 bits per heavy atom. The monoisotopic (exact) mass is 501 g/mol. The minimum absolute atomic E-state index is 0.00694. The summed E-state index contributed by atoms with van der Waals surface area (Å²) in [5.41, 5.74) is 1.72. The SMILES string of the molecule is CC(Oc1ccc(C(=O)C2CC2)nc1)c1cc(-c2ccc(C=O)c(F)c2)ns1.CNC(CO)CO. The molecule has 0 amide bonds. The molecule has 10 heteroatoms. The van der Waals surface area contributed by atoms with Crippen LogP contribution in [0.1, 0.15) is 51.6 Å². The van der Waals surface area contributed by atoms with Crippen LogP contribution in [0.2, 0.25) is 0 Å². The van der Waals surface area contributed by atoms with Gasteiger partial charge in [0.15, 0.2) is 12.1 Å². The lowest BCUT2D eigenvalue weighted by atomic mass is 10.1. The summed E-state index contributed by atoms with van der Waals surface area (Å²) in [6.45, 7) is 1.87. The van der Waals surface area contributed by atoms with Crippen molar-refractivity contribution < 1.29 is 28.9 Å². The van der Waals surface area contributed by atoms with Gasteiger partial charge in [-0.3, -0.25) is 9.59 Å². The molecule has 0 bridgehead atoms. The second kappa shape index (κ2) is 12.6. The second-order valence-corrected chi connectivity index (χ2v) is 8.93. The summed E-state index contributed by atoms with van der Waals surface area (Å²) in [6, 6.07) is 9.52. The highest BCUT2D eigenvalue weighted by atomic mass is 32.1. The number of nitrogens with one attached hydrogen (secondary N) is 1. The molecule has 0 spiro atoms. The Balaban J connectivity index is 0.000000429. The number of aldehydes is 1. The van der Waals surface area contributed by atoms with E-state index in [2.05, 4.69) is 14.7 Å². The van der Waals surface area contributed by atoms with Crippen molar-refractivity contribution in [1.29, 1.82) is 0 Å². The summed E-state index contributed by atoms with van der Waals surface area (Å²) in [6.07, 6.45) is 3.66. The maximum absolute atomic E-state index is 13.8. The molecule has 3 N–H and O–H groups in total. The highest BCUT2D eigenvalue weighted by molar-refractivity contribution is 7.06. The van der Waals surface area contributed by atoms with E-state index < -0.39 is 5.82 Å². The molecule has 0 aliphatic heterocycles. The first-order chi connectivity index (χ1) is 16.9. The van der Waals surface area contributed by atoms with Crippen molar-refractivity contribution in [3.63, 3.8) is 0 Å². The number of Topliss-reactive ketones (excluding diaryl/α,β-unsaturated/α-hetero) is 1. The van der Waals surface area contributed by atoms with Crippen LogP contribution in [0, 0.1) is 11.7 Å². The van der Waals surface area contributed by atoms with Gasteiger partial charge >= 0.3 is 0 Å². The number of ketones is 1. The van der Waals surface area contributed by atoms with Gasteiger partial charge in [-0.05, 0) is 68.7 Å². The zero-order chi connectivity index (χ0) is 25.4. The number of benzene rings is 1. The van der Waals surface area contributed by atoms with E-state index >= 15 is 0 Å². The van der Waals surface area contributed by atoms with E-state index in [4.69, 9.17) is 14.9 Å². The number of likely N-dealkylation sites (N-methyl/N-ethyl adjacent to an activating group) is 1. The molecule has 8 nitrogen and oxygen atoms in total. The minimum Gasteiger partial charge on any atom is -0.484 e. The van der Waals surface area contributed by atoms with Crippen LogP contribution in [0.15, 0.2) is 42.6 Å². The number of aromatic nitrogens is 2. The summed E-state index contributed by atoms with van der Waals surface area (Å²) in [7, 11) is 1.69. The maximum Gasteiger partial charge on any atom is 0.184 e. The van der Waals surface area contributed by atoms with Crippen LogP contribution in [0.25, 0.3) is 11.3 Å². The van der Waals surface area contributed by atoms with E-state index in [0.29, 0.717) is 29.0 Å². The number of pyridine rings is 1. The van der Waals surface area contributed by atoms with Gasteiger partial charge in [0, 0.05) is 11.5 Å². The number of ether oxygens (including phenoxy) is 1. The van der Waals surface area contributed by atoms with E-state index in [1.54, 1.807) is 31.4 Å². The normalized spacial score (nSPS) is 13.7. The molecule has 1 atom stereocenters. The molecular formula is C25H28FN3O5S. The standard InChI is InChI=1S/C21H17FN2O3S.C4H11NO2/c1-12(27-16-6-7-18(23-10-16)21(26)13-2-3-13)20-9-19(24-28-20)14-4-5-15(11-25)17(22)8-14;1-5-4(2-6)3-7/h4-13H,2-3H2,1H3;4-7H,2-3H2,1H3. The molecular weight excluding hydrogens is 473 g/mol. The fourth-order valence-electron chi connectivity index (χ4n) is 3.05. The quantitative estimate of drug-likeness (QED) is 0.285. The smallest absolute Gasteiger partial charge is 0.184 e. The Hall–Kier alpha value is -3.05. The molecule has 4 rings (SSSR count). The molecule has 1 fully saturated rings. The third-order valence-corrected chi connectivity index (χ3v) is 6.40. The van der Waals surface area contributed by atoms with Crippen molar-refractivity contribution in [3.8, 4) is 17.0 Å². The highest BCUT2D eigenvalue weighted by Gasteiger charge is 2.31. The van der Waals surface area contributed by atoms with Gasteiger partial charge in [0.2, 0.25) is 0 Å². The molecule has 0 saturated heterocycles. The molecule has 3 aromatic rings. The number of rotatable bonds is 10. The summed E-state index contributed by atoms with van der Waals surface area (Å²) in [5, 5.41) is 19.3. The third-order valence-electron chi connectivity index (χ3n) is 5.45. The fourth-order valence-corrected chi connectivity index (χ4v) is 3.77. The van der Waals surface area contributed by atoms with Crippen LogP contribution in [0.5, 0.6) is 5.75 Å². The summed E-state index contributed by atoms with van der Waals surface area (Å²) in [4.78, 5) is 27.8. The number of carbonyl (C=O) groups is 2. The molecule has 186 valence electrons. The van der Waals surface area contributed by atoms with Crippen molar-refractivity contribution in [2.24, 2.45) is 5.92 Å². The van der Waals surface area contributed by atoms with Gasteiger partial charge in [-0.1, -0.05) is 6.07 Å². The molecule has 35 heavy (non-hydrogen) atoms. The molecule has 2 heterocycles. The first kappa shape index (κ1) is 26.6. The lowest BCUT2D eigenvalue weighted by Crippen LogP contribution is -2.32. The lowest BCUT2D eigenvalue weighted by Gasteiger charge is -2.12. The molecule has 2 aromatic heterocycles. The van der Waals surface area contributed by atoms with E-state index in [0.717, 1.165) is 17.7 Å². The zero-order valence-electron chi connectivity index (χ0n) is 19.5. The summed E-state index contributed by atoms with van der Waals surface area (Å²) in [5.74, 6) is 0.230. The van der Waals surface area contributed by atoms with E-state index in [1.807, 2.05) is 13.0 Å². The number of hydrogen-bond donors (Lipinski definition) is 3. The number of hydrogen-bond acceptors (Lipinski definition) is 9. The van der Waals surface area contributed by atoms with E-state index in [-0.39, 0.29) is 42.6 Å². The van der Waals surface area contributed by atoms with E-state index in [9.17, 15) is 14.0 Å². The number of nitrogens with zero attached hydrogens (tertiary/aromatic N) is 2. The molecule has 1 aliphatic rings. The first-order valence-corrected chi connectivity index (χ1v) is 11.9. The Kier molecular flexibility index (Phi) is 9.55. The van der Waals surface area contributed by atoms with Crippen LogP contribution in [0.4, 0.5) is 4.39 Å². The second-order valence-electron chi connectivity index (χ2n) is 8.10. The van der Waals surface area contributed by atoms with Crippen molar-refractivity contribution in [2.75, 3.05) is 20.3 Å². The average Bonchev–Trinajstić information content (AvgIpc) is 3.61. The highest BCUT2D eigenvalue weighted by Crippen LogP contribution is 2.33. The fraction of sp³-hybridized carbons (Fsp3) is 0.360. The van der Waals surface area contributed by atoms with E-state index in [1.165, 1.54) is 23.7 Å². The van der Waals surface area contributed by atoms with Gasteiger partial charge in [0.05, 0.1) is 41.6 Å². The third kappa shape index (κ3) is 7.22. The number of halogens is 1. The van der Waals surface area contributed by atoms with Crippen LogP contribution in [-0.2, 0) is 0 Å². The predicted molar refractivity (Wildman–Crippen MR) is 130 cm³/mol. The van der Waals surface area contributed by atoms with Gasteiger partial charge in [-0.25, -0.2) is 9.37 Å². The Morgan fingerprint density at radius 2 is 2.00 bits per heavy atom. The minimum atomic E-state index is -0.571. The summed E-state index contributed by atoms with van der Waals surface area (Å²) < 4.78 is 24.1. The zero-order valence-corrected chi connectivity index (χ0v) is 20.3. The predicted octanol–water partition coefficient (Wildman–Crippen LogP) is 3.45. The van der Waals surface area contributed by atoms with Gasteiger partial charge in [-0.15, -0.1) is 0 Å². The molecule has 1 aliphatic carbocycles. The Morgan fingerprint density at radius 1 is 1.26 bits per heavy atom. The van der Waals surface area contributed by atoms with Crippen molar-refractivity contribution in [3.05, 3.63) is 64.5 Å². The first-order valence-electron chi connectivity index (χ1n) is 11.2. The van der Waals surface area contributed by atoms with Crippen LogP contribution in [-0.4, -0.2) is 57.9 Å². The van der Waals surface area contributed by atoms with Crippen molar-refractivity contribution >= 4 is 23.6 Å². The Labute approximate surface area is 207 Å². The number of aliphatic hydroxyl groups excluding tert-OH is 2. The average molecular weight is 502 g/mol. The molecule has 0 radical (unpaired) electrons. The van der Waals surface area contributed by atoms with Crippen molar-refractivity contribution in [2.45, 2.75) is 31.9 Å². The lowest BCUT2D eigenvalue weighted by molar-refractivity contribution is 0.0962. The van der Waals surface area contributed by atoms with Crippen LogP contribution >= 0.6 is 11.5 Å². The van der Waals surface area contributed by atoms with Crippen LogP contribution in [0.3, 0.4) is 0 Å². The molecule has 1 saturated carbocycles. The number of carbonyl (C=O) groups excluding carboxylic acids is 2. The largest absolute Gasteiger partial charge is 0.484 e. The van der Waals surface area contributed by atoms with Crippen molar-refractivity contribution in [1.82, 2.24) is 14.7 Å². The van der Waals surface area contributed by atoms with Crippen LogP contribution < -0.4 is 10.1 Å². The maximum atomic E-state index is 13.8. The molecule has 1 unspecified atom stereocenters. The van der Waals surface area contributed by atoms with Gasteiger partial charge < -0.3 is 20.3 Å². The van der Waals surface area contributed by atoms with Gasteiger partial charge in [0.25, 0.3) is 0 Å². The van der Waals surface area contributed by atoms with Gasteiger partial charge in [-0.2, -0.15) is 4.37 Å². The number of aliphatic hydroxyl groups is 2. The Bertz CT molecular complexity index is 1120. The summed E-state index contributed by atoms with van der Waals surface area (Å²) >= 11 is 1.27.